The first-order chi connectivity index (χ1) is 31.8. The van der Waals surface area contributed by atoms with E-state index in [0.29, 0.717) is 61.2 Å². The molecule has 0 radical (unpaired) electrons. The van der Waals surface area contributed by atoms with E-state index in [1.165, 1.54) is 9.80 Å². The second kappa shape index (κ2) is 17.9. The van der Waals surface area contributed by atoms with Crippen molar-refractivity contribution in [1.29, 1.82) is 0 Å². The van der Waals surface area contributed by atoms with Crippen molar-refractivity contribution in [2.45, 2.75) is 93.3 Å². The number of ether oxygens (including phenoxy) is 2. The maximum Gasteiger partial charge on any atom is 0.261 e. The van der Waals surface area contributed by atoms with Gasteiger partial charge in [-0.25, -0.2) is 9.97 Å². The van der Waals surface area contributed by atoms with Gasteiger partial charge in [0.2, 0.25) is 0 Å². The van der Waals surface area contributed by atoms with Gasteiger partial charge in [-0.1, -0.05) is 24.3 Å². The van der Waals surface area contributed by atoms with Crippen molar-refractivity contribution in [2.24, 2.45) is 0 Å². The third-order valence-corrected chi connectivity index (χ3v) is 13.7. The first-order valence-electron chi connectivity index (χ1n) is 23.1. The van der Waals surface area contributed by atoms with Crippen molar-refractivity contribution in [3.63, 3.8) is 0 Å². The number of imide groups is 2. The molecule has 12 nitrogen and oxygen atoms in total. The molecule has 3 aromatic heterocycles. The van der Waals surface area contributed by atoms with Crippen LogP contribution < -0.4 is 0 Å². The summed E-state index contributed by atoms with van der Waals surface area (Å²) in [7, 11) is 0. The molecule has 12 heteroatoms. The lowest BCUT2D eigenvalue weighted by atomic mass is 9.98. The molecule has 2 atom stereocenters. The third-order valence-electron chi connectivity index (χ3n) is 13.7. The SMILES string of the molecule is CCOC(C)c1c(C)c2cc3[nH]c(cc4nc(cc5nc(cc1[nH]2)C(C)=C5CCCN1C(=O)c2ccccc2C1=O)C(CCCN1C(=O)c2ccccc2C1=O)=C4C)c(C)c3C(C)OCC. The van der Waals surface area contributed by atoms with Crippen LogP contribution in [-0.4, -0.2) is 79.7 Å². The van der Waals surface area contributed by atoms with E-state index in [4.69, 9.17) is 19.4 Å². The van der Waals surface area contributed by atoms with Crippen molar-refractivity contribution >= 4 is 68.0 Å². The molecule has 66 heavy (non-hydrogen) atoms. The molecule has 4 aliphatic heterocycles. The number of fused-ring (bicyclic) bond motifs is 10. The third kappa shape index (κ3) is 7.71. The fourth-order valence-electron chi connectivity index (χ4n) is 10.2. The lowest BCUT2D eigenvalue weighted by Gasteiger charge is -2.15. The van der Waals surface area contributed by atoms with E-state index in [1.54, 1.807) is 48.5 Å². The van der Waals surface area contributed by atoms with Crippen LogP contribution in [0.5, 0.6) is 0 Å². The molecule has 4 amide bonds. The fourth-order valence-corrected chi connectivity index (χ4v) is 10.2. The first-order valence-corrected chi connectivity index (χ1v) is 23.1. The minimum absolute atomic E-state index is 0.190. The number of allylic oxidation sites excluding steroid dienone is 4. The average Bonchev–Trinajstić information content (AvgIpc) is 4.08. The topological polar surface area (TPSA) is 151 Å². The first kappa shape index (κ1) is 44.4. The molecule has 5 aromatic rings. The number of carbonyl (C=O) groups excluding carboxylic acids is 4. The van der Waals surface area contributed by atoms with E-state index >= 15 is 0 Å². The van der Waals surface area contributed by atoms with Crippen molar-refractivity contribution in [1.82, 2.24) is 29.7 Å². The summed E-state index contributed by atoms with van der Waals surface area (Å²) in [4.78, 5) is 74.3. The Morgan fingerprint density at radius 1 is 0.515 bits per heavy atom. The number of carbonyl (C=O) groups is 4. The minimum Gasteiger partial charge on any atom is -0.374 e. The van der Waals surface area contributed by atoms with Gasteiger partial charge >= 0.3 is 0 Å². The van der Waals surface area contributed by atoms with Gasteiger partial charge in [0.15, 0.2) is 0 Å². The highest BCUT2D eigenvalue weighted by Crippen LogP contribution is 2.40. The van der Waals surface area contributed by atoms with Crippen LogP contribution in [0.4, 0.5) is 0 Å². The molecular weight excluding hydrogens is 829 g/mol. The summed E-state index contributed by atoms with van der Waals surface area (Å²) in [5, 5.41) is 0. The number of rotatable bonds is 14. The summed E-state index contributed by atoms with van der Waals surface area (Å²) in [6.45, 7) is 18.2. The predicted octanol–water partition coefficient (Wildman–Crippen LogP) is 11.1. The van der Waals surface area contributed by atoms with Gasteiger partial charge in [0, 0.05) is 59.5 Å². The van der Waals surface area contributed by atoms with Gasteiger partial charge in [0.1, 0.15) is 0 Å². The number of amides is 4. The van der Waals surface area contributed by atoms with Crippen molar-refractivity contribution in [2.75, 3.05) is 26.3 Å². The average molecular weight is 885 g/mol. The molecule has 0 spiro atoms. The summed E-state index contributed by atoms with van der Waals surface area (Å²) < 4.78 is 12.5. The van der Waals surface area contributed by atoms with E-state index in [-0.39, 0.29) is 48.9 Å². The molecule has 2 unspecified atom stereocenters. The van der Waals surface area contributed by atoms with Crippen LogP contribution in [-0.2, 0) is 9.47 Å². The minimum atomic E-state index is -0.272. The van der Waals surface area contributed by atoms with Crippen LogP contribution in [0.1, 0.15) is 166 Å². The highest BCUT2D eigenvalue weighted by molar-refractivity contribution is 6.22. The largest absolute Gasteiger partial charge is 0.374 e. The molecule has 0 saturated heterocycles. The van der Waals surface area contributed by atoms with Crippen LogP contribution in [0, 0.1) is 13.8 Å². The lowest BCUT2D eigenvalue weighted by molar-refractivity contribution is 0.0637. The van der Waals surface area contributed by atoms with Crippen molar-refractivity contribution in [3.8, 4) is 0 Å². The number of nitrogens with one attached hydrogen (secondary N) is 2. The van der Waals surface area contributed by atoms with Crippen molar-refractivity contribution in [3.05, 3.63) is 140 Å². The van der Waals surface area contributed by atoms with Gasteiger partial charge in [-0.3, -0.25) is 29.0 Å². The number of nitrogens with zero attached hydrogens (tertiary/aromatic N) is 4. The van der Waals surface area contributed by atoms with Crippen LogP contribution in [0.25, 0.3) is 44.4 Å². The van der Waals surface area contributed by atoms with Gasteiger partial charge in [0.25, 0.3) is 23.6 Å². The Balaban J connectivity index is 1.19. The highest BCUT2D eigenvalue weighted by atomic mass is 16.5. The van der Waals surface area contributed by atoms with E-state index in [1.807, 2.05) is 19.9 Å². The molecule has 7 heterocycles. The number of H-pyrrole nitrogens is 2. The van der Waals surface area contributed by atoms with E-state index < -0.39 is 0 Å². The zero-order valence-corrected chi connectivity index (χ0v) is 39.0. The standard InChI is InChI=1S/C54H56N6O6/c1-9-65-33(7)49-31(5)43-25-41-29(3)35(21-15-23-59-51(61)37-17-11-12-18-38(37)52(59)62)45(55-41)28-46-36(22-16-24-60-53(63)39-19-13-14-20-40(39)54(60)64)30(4)42(56-46)26-47-50(34(8)66-10-2)32(6)44(58-47)27-48(49)57-43/h11-14,17-20,25-28,33-34,57-58H,9-10,15-16,21-24H2,1-8H3. The number of aromatic nitrogens is 4. The predicted molar refractivity (Wildman–Crippen MR) is 258 cm³/mol. The molecule has 0 saturated carbocycles. The molecule has 4 aliphatic rings. The summed E-state index contributed by atoms with van der Waals surface area (Å²) in [6, 6.07) is 22.4. The molecule has 2 N–H and O–H groups in total. The Morgan fingerprint density at radius 3 is 1.27 bits per heavy atom. The number of hydrogen-bond acceptors (Lipinski definition) is 8. The smallest absolute Gasteiger partial charge is 0.261 e. The molecular formula is C54H56N6O6. The molecule has 338 valence electrons. The van der Waals surface area contributed by atoms with Crippen LogP contribution in [0.15, 0.2) is 72.8 Å². The lowest BCUT2D eigenvalue weighted by Crippen LogP contribution is -2.30. The normalized spacial score (nSPS) is 15.7. The Bertz CT molecular complexity index is 3030. The van der Waals surface area contributed by atoms with E-state index in [0.717, 1.165) is 89.4 Å². The Hall–Kier alpha value is -6.76. The Kier molecular flexibility index (Phi) is 12.1. The van der Waals surface area contributed by atoms with Crippen LogP contribution in [0.3, 0.4) is 0 Å². The second-order valence-electron chi connectivity index (χ2n) is 17.5. The van der Waals surface area contributed by atoms with Crippen molar-refractivity contribution < 1.29 is 28.7 Å². The Morgan fingerprint density at radius 2 is 0.879 bits per heavy atom. The molecule has 2 aromatic carbocycles. The number of benzene rings is 2. The van der Waals surface area contributed by atoms with Gasteiger partial charge in [-0.2, -0.15) is 0 Å². The van der Waals surface area contributed by atoms with E-state index in [9.17, 15) is 19.2 Å². The zero-order chi connectivity index (χ0) is 46.6. The summed E-state index contributed by atoms with van der Waals surface area (Å²) in [5.41, 5.74) is 16.7. The maximum absolute atomic E-state index is 13.4. The summed E-state index contributed by atoms with van der Waals surface area (Å²) in [6.07, 6.45) is 1.76. The molecule has 9 rings (SSSR count). The molecule has 0 aliphatic carbocycles. The fraction of sp³-hybridized carbons (Fsp3) is 0.333. The van der Waals surface area contributed by atoms with Gasteiger partial charge in [-0.15, -0.1) is 0 Å². The number of aryl methyl sites for hydroxylation is 2. The van der Waals surface area contributed by atoms with Crippen LogP contribution >= 0.6 is 0 Å². The van der Waals surface area contributed by atoms with Gasteiger partial charge < -0.3 is 19.4 Å². The quantitative estimate of drug-likeness (QED) is 0.105. The summed E-state index contributed by atoms with van der Waals surface area (Å²) in [5.74, 6) is -1.09. The summed E-state index contributed by atoms with van der Waals surface area (Å²) >= 11 is 0. The number of hydrogen-bond donors (Lipinski definition) is 2. The van der Waals surface area contributed by atoms with Gasteiger partial charge in [0.05, 0.1) is 57.2 Å². The van der Waals surface area contributed by atoms with Gasteiger partial charge in [-0.05, 0) is 163 Å². The molecule has 0 fully saturated rings. The zero-order valence-electron chi connectivity index (χ0n) is 39.0. The highest BCUT2D eigenvalue weighted by Gasteiger charge is 2.36. The Labute approximate surface area is 384 Å². The monoisotopic (exact) mass is 884 g/mol. The molecule has 8 bridgehead atoms. The van der Waals surface area contributed by atoms with Crippen LogP contribution in [0.2, 0.25) is 0 Å². The number of aromatic amines is 2. The second-order valence-corrected chi connectivity index (χ2v) is 17.5. The van der Waals surface area contributed by atoms with E-state index in [2.05, 4.69) is 69.7 Å². The maximum atomic E-state index is 13.4.